The third-order valence-corrected chi connectivity index (χ3v) is 3.87. The predicted octanol–water partition coefficient (Wildman–Crippen LogP) is 3.05. The fourth-order valence-corrected chi connectivity index (χ4v) is 2.37. The molecule has 0 unspecified atom stereocenters. The van der Waals surface area contributed by atoms with Crippen LogP contribution >= 0.6 is 0 Å². The maximum atomic E-state index is 11.8. The Morgan fingerprint density at radius 2 is 2.21 bits per heavy atom. The molecule has 1 aromatic rings. The first-order chi connectivity index (χ1) is 9.06. The highest BCUT2D eigenvalue weighted by atomic mass is 16.5. The third kappa shape index (κ3) is 3.00. The third-order valence-electron chi connectivity index (χ3n) is 3.87. The summed E-state index contributed by atoms with van der Waals surface area (Å²) in [6.45, 7) is 5.31. The summed E-state index contributed by atoms with van der Waals surface area (Å²) in [5, 5.41) is 3.36. The Kier molecular flexibility index (Phi) is 3.98. The number of carbonyl (C=O) groups excluding carboxylic acids is 1. The number of para-hydroxylation sites is 1. The average molecular weight is 262 g/mol. The smallest absolute Gasteiger partial charge is 0.340 e. The molecule has 1 fully saturated rings. The summed E-state index contributed by atoms with van der Waals surface area (Å²) in [7, 11) is 0. The number of esters is 1. The van der Waals surface area contributed by atoms with Gasteiger partial charge in [-0.05, 0) is 37.3 Å². The molecule has 1 saturated carbocycles. The normalized spacial score (nSPS) is 16.5. The van der Waals surface area contributed by atoms with Crippen molar-refractivity contribution >= 4 is 17.3 Å². The van der Waals surface area contributed by atoms with Crippen LogP contribution in [0, 0.1) is 5.41 Å². The quantitative estimate of drug-likeness (QED) is 0.632. The zero-order chi connectivity index (χ0) is 13.9. The van der Waals surface area contributed by atoms with E-state index in [4.69, 9.17) is 10.5 Å². The van der Waals surface area contributed by atoms with Gasteiger partial charge in [-0.2, -0.15) is 0 Å². The van der Waals surface area contributed by atoms with Crippen molar-refractivity contribution in [1.82, 2.24) is 0 Å². The van der Waals surface area contributed by atoms with Crippen molar-refractivity contribution in [2.45, 2.75) is 33.1 Å². The van der Waals surface area contributed by atoms with E-state index in [0.717, 1.165) is 12.2 Å². The number of anilines is 2. The molecule has 0 aliphatic heterocycles. The van der Waals surface area contributed by atoms with E-state index in [0.29, 0.717) is 23.3 Å². The summed E-state index contributed by atoms with van der Waals surface area (Å²) >= 11 is 0. The summed E-state index contributed by atoms with van der Waals surface area (Å²) < 4.78 is 4.99. The standard InChI is InChI=1S/C15H22N2O2/c1-3-19-14(18)11-6-4-7-12(13(11)16)17-10-15(2)8-5-9-15/h4,6-7,17H,3,5,8-10,16H2,1-2H3. The molecule has 4 nitrogen and oxygen atoms in total. The molecule has 0 amide bonds. The molecule has 19 heavy (non-hydrogen) atoms. The van der Waals surface area contributed by atoms with Crippen molar-refractivity contribution < 1.29 is 9.53 Å². The summed E-state index contributed by atoms with van der Waals surface area (Å²) in [6, 6.07) is 5.43. The molecule has 0 heterocycles. The minimum Gasteiger partial charge on any atom is -0.462 e. The van der Waals surface area contributed by atoms with Crippen LogP contribution in [-0.2, 0) is 4.74 Å². The largest absolute Gasteiger partial charge is 0.462 e. The molecule has 0 spiro atoms. The number of hydrogen-bond donors (Lipinski definition) is 2. The van der Waals surface area contributed by atoms with Crippen LogP contribution < -0.4 is 11.1 Å². The van der Waals surface area contributed by atoms with Crippen molar-refractivity contribution in [1.29, 1.82) is 0 Å². The molecule has 3 N–H and O–H groups in total. The first-order valence-electron chi connectivity index (χ1n) is 6.85. The molecular weight excluding hydrogens is 240 g/mol. The van der Waals surface area contributed by atoms with Gasteiger partial charge in [0.15, 0.2) is 0 Å². The highest BCUT2D eigenvalue weighted by molar-refractivity contribution is 5.98. The molecule has 0 bridgehead atoms. The van der Waals surface area contributed by atoms with Crippen molar-refractivity contribution in [3.8, 4) is 0 Å². The molecule has 0 atom stereocenters. The lowest BCUT2D eigenvalue weighted by molar-refractivity contribution is 0.0527. The van der Waals surface area contributed by atoms with Gasteiger partial charge in [-0.25, -0.2) is 4.79 Å². The molecule has 1 aliphatic carbocycles. The van der Waals surface area contributed by atoms with Gasteiger partial charge in [0.05, 0.1) is 23.5 Å². The lowest BCUT2D eigenvalue weighted by Crippen LogP contribution is -2.33. The van der Waals surface area contributed by atoms with Gasteiger partial charge >= 0.3 is 5.97 Å². The van der Waals surface area contributed by atoms with Crippen molar-refractivity contribution in [2.75, 3.05) is 24.2 Å². The molecule has 2 rings (SSSR count). The van der Waals surface area contributed by atoms with Gasteiger partial charge in [0, 0.05) is 6.54 Å². The Morgan fingerprint density at radius 3 is 2.79 bits per heavy atom. The Bertz CT molecular complexity index is 467. The number of rotatable bonds is 5. The van der Waals surface area contributed by atoms with E-state index in [-0.39, 0.29) is 5.97 Å². The zero-order valence-electron chi connectivity index (χ0n) is 11.7. The highest BCUT2D eigenvalue weighted by Gasteiger charge is 2.31. The average Bonchev–Trinajstić information content (AvgIpc) is 2.35. The van der Waals surface area contributed by atoms with Crippen molar-refractivity contribution in [3.05, 3.63) is 23.8 Å². The van der Waals surface area contributed by atoms with Crippen LogP contribution in [0.5, 0.6) is 0 Å². The van der Waals surface area contributed by atoms with Crippen molar-refractivity contribution in [3.63, 3.8) is 0 Å². The van der Waals surface area contributed by atoms with E-state index in [1.165, 1.54) is 19.3 Å². The maximum absolute atomic E-state index is 11.8. The zero-order valence-corrected chi connectivity index (χ0v) is 11.7. The monoisotopic (exact) mass is 262 g/mol. The highest BCUT2D eigenvalue weighted by Crippen LogP contribution is 2.40. The predicted molar refractivity (Wildman–Crippen MR) is 77.3 cm³/mol. The van der Waals surface area contributed by atoms with Gasteiger partial charge in [-0.3, -0.25) is 0 Å². The van der Waals surface area contributed by atoms with E-state index in [1.807, 2.05) is 12.1 Å². The second-order valence-electron chi connectivity index (χ2n) is 5.51. The van der Waals surface area contributed by atoms with E-state index in [2.05, 4.69) is 12.2 Å². The number of ether oxygens (including phenoxy) is 1. The van der Waals surface area contributed by atoms with Crippen LogP contribution in [0.2, 0.25) is 0 Å². The van der Waals surface area contributed by atoms with Crippen molar-refractivity contribution in [2.24, 2.45) is 5.41 Å². The first-order valence-corrected chi connectivity index (χ1v) is 6.85. The summed E-state index contributed by atoms with van der Waals surface area (Å²) in [5.74, 6) is -0.362. The topological polar surface area (TPSA) is 64.3 Å². The molecule has 0 saturated heterocycles. The van der Waals surface area contributed by atoms with Crippen LogP contribution in [-0.4, -0.2) is 19.1 Å². The molecule has 0 radical (unpaired) electrons. The Balaban J connectivity index is 2.08. The molecule has 4 heteroatoms. The molecule has 1 aliphatic rings. The SMILES string of the molecule is CCOC(=O)c1cccc(NCC2(C)CCC2)c1N. The van der Waals surface area contributed by atoms with Gasteiger partial charge in [-0.15, -0.1) is 0 Å². The Morgan fingerprint density at radius 1 is 1.47 bits per heavy atom. The summed E-state index contributed by atoms with van der Waals surface area (Å²) in [4.78, 5) is 11.8. The second kappa shape index (κ2) is 5.51. The minimum atomic E-state index is -0.362. The molecule has 1 aromatic carbocycles. The Labute approximate surface area is 114 Å². The van der Waals surface area contributed by atoms with Crippen LogP contribution in [0.1, 0.15) is 43.5 Å². The molecule has 104 valence electrons. The number of benzene rings is 1. The first kappa shape index (κ1) is 13.7. The number of nitrogens with two attached hydrogens (primary N) is 1. The van der Waals surface area contributed by atoms with Gasteiger partial charge in [-0.1, -0.05) is 19.4 Å². The van der Waals surface area contributed by atoms with E-state index in [9.17, 15) is 4.79 Å². The van der Waals surface area contributed by atoms with E-state index < -0.39 is 0 Å². The van der Waals surface area contributed by atoms with Crippen LogP contribution in [0.15, 0.2) is 18.2 Å². The second-order valence-corrected chi connectivity index (χ2v) is 5.51. The number of carbonyl (C=O) groups is 1. The lowest BCUT2D eigenvalue weighted by atomic mass is 9.70. The Hall–Kier alpha value is -1.71. The number of nitrogen functional groups attached to an aromatic ring is 1. The van der Waals surface area contributed by atoms with Gasteiger partial charge < -0.3 is 15.8 Å². The number of hydrogen-bond acceptors (Lipinski definition) is 4. The summed E-state index contributed by atoms with van der Waals surface area (Å²) in [5.41, 5.74) is 8.14. The van der Waals surface area contributed by atoms with E-state index in [1.54, 1.807) is 13.0 Å². The van der Waals surface area contributed by atoms with Crippen LogP contribution in [0.4, 0.5) is 11.4 Å². The summed E-state index contributed by atoms with van der Waals surface area (Å²) in [6.07, 6.45) is 3.80. The molecular formula is C15H22N2O2. The fraction of sp³-hybridized carbons (Fsp3) is 0.533. The fourth-order valence-electron chi connectivity index (χ4n) is 2.37. The van der Waals surface area contributed by atoms with E-state index >= 15 is 0 Å². The van der Waals surface area contributed by atoms with Gasteiger partial charge in [0.2, 0.25) is 0 Å². The number of nitrogens with one attached hydrogen (secondary N) is 1. The maximum Gasteiger partial charge on any atom is 0.340 e. The van der Waals surface area contributed by atoms with Gasteiger partial charge in [0.25, 0.3) is 0 Å². The minimum absolute atomic E-state index is 0.355. The van der Waals surface area contributed by atoms with Crippen LogP contribution in [0.25, 0.3) is 0 Å². The lowest BCUT2D eigenvalue weighted by Gasteiger charge is -2.38. The van der Waals surface area contributed by atoms with Crippen LogP contribution in [0.3, 0.4) is 0 Å². The molecule has 0 aromatic heterocycles. The van der Waals surface area contributed by atoms with Gasteiger partial charge in [0.1, 0.15) is 0 Å².